The van der Waals surface area contributed by atoms with Gasteiger partial charge in [0.05, 0.1) is 22.9 Å². The predicted octanol–water partition coefficient (Wildman–Crippen LogP) is 2.94. The lowest BCUT2D eigenvalue weighted by molar-refractivity contribution is -0.148. The SMILES string of the molecule is Cc1nc2cc(-c3cccc(CC4(C(=O)O)CCOC4)c3)ccc2c(=O)n1C. The van der Waals surface area contributed by atoms with E-state index in [-0.39, 0.29) is 12.2 Å². The molecule has 3 aromatic rings. The first kappa shape index (κ1) is 18.4. The van der Waals surface area contributed by atoms with Crippen molar-refractivity contribution in [3.05, 3.63) is 64.2 Å². The Kier molecular flexibility index (Phi) is 4.51. The molecule has 1 aliphatic rings. The predicted molar refractivity (Wildman–Crippen MR) is 106 cm³/mol. The monoisotopic (exact) mass is 378 g/mol. The number of aryl methyl sites for hydroxylation is 1. The van der Waals surface area contributed by atoms with Gasteiger partial charge in [0.2, 0.25) is 0 Å². The lowest BCUT2D eigenvalue weighted by Gasteiger charge is -2.22. The van der Waals surface area contributed by atoms with Crippen molar-refractivity contribution in [2.75, 3.05) is 13.2 Å². The van der Waals surface area contributed by atoms with Gasteiger partial charge < -0.3 is 9.84 Å². The minimum absolute atomic E-state index is 0.0626. The van der Waals surface area contributed by atoms with Crippen LogP contribution in [-0.4, -0.2) is 33.8 Å². The van der Waals surface area contributed by atoms with Crippen LogP contribution in [0, 0.1) is 12.3 Å². The first-order valence-electron chi connectivity index (χ1n) is 9.27. The number of carboxylic acids is 1. The van der Waals surface area contributed by atoms with Gasteiger partial charge in [0.1, 0.15) is 5.82 Å². The number of benzene rings is 2. The molecular weight excluding hydrogens is 356 g/mol. The summed E-state index contributed by atoms with van der Waals surface area (Å²) < 4.78 is 6.91. The summed E-state index contributed by atoms with van der Waals surface area (Å²) in [7, 11) is 1.71. The molecule has 0 amide bonds. The van der Waals surface area contributed by atoms with Crippen LogP contribution in [-0.2, 0) is 23.0 Å². The van der Waals surface area contributed by atoms with E-state index in [9.17, 15) is 14.7 Å². The minimum atomic E-state index is -0.854. The summed E-state index contributed by atoms with van der Waals surface area (Å²) in [4.78, 5) is 28.7. The van der Waals surface area contributed by atoms with Gasteiger partial charge in [-0.1, -0.05) is 30.3 Å². The number of rotatable bonds is 4. The molecule has 2 heterocycles. The topological polar surface area (TPSA) is 81.4 Å². The lowest BCUT2D eigenvalue weighted by atomic mass is 9.80. The van der Waals surface area contributed by atoms with Crippen LogP contribution in [0.1, 0.15) is 17.8 Å². The Labute approximate surface area is 162 Å². The Hall–Kier alpha value is -2.99. The minimum Gasteiger partial charge on any atom is -0.481 e. The molecule has 144 valence electrons. The average molecular weight is 378 g/mol. The van der Waals surface area contributed by atoms with Crippen LogP contribution in [0.25, 0.3) is 22.0 Å². The van der Waals surface area contributed by atoms with Gasteiger partial charge in [-0.05, 0) is 48.6 Å². The second kappa shape index (κ2) is 6.87. The Morgan fingerprint density at radius 3 is 2.75 bits per heavy atom. The largest absolute Gasteiger partial charge is 0.481 e. The molecule has 28 heavy (non-hydrogen) atoms. The number of carboxylic acid groups (broad SMARTS) is 1. The van der Waals surface area contributed by atoms with Gasteiger partial charge in [-0.25, -0.2) is 4.98 Å². The number of carbonyl (C=O) groups is 1. The van der Waals surface area contributed by atoms with E-state index in [0.29, 0.717) is 36.2 Å². The Bertz CT molecular complexity index is 1130. The molecule has 1 N–H and O–H groups in total. The fourth-order valence-corrected chi connectivity index (χ4v) is 3.80. The third-order valence-corrected chi connectivity index (χ3v) is 5.66. The van der Waals surface area contributed by atoms with Gasteiger partial charge in [-0.2, -0.15) is 0 Å². The highest BCUT2D eigenvalue weighted by molar-refractivity contribution is 5.84. The van der Waals surface area contributed by atoms with Crippen LogP contribution in [0.2, 0.25) is 0 Å². The number of aromatic nitrogens is 2. The Morgan fingerprint density at radius 1 is 1.25 bits per heavy atom. The molecule has 1 aliphatic heterocycles. The van der Waals surface area contributed by atoms with Crippen molar-refractivity contribution in [2.24, 2.45) is 12.5 Å². The maximum absolute atomic E-state index is 12.4. The van der Waals surface area contributed by atoms with Crippen LogP contribution < -0.4 is 5.56 Å². The van der Waals surface area contributed by atoms with Crippen molar-refractivity contribution < 1.29 is 14.6 Å². The molecule has 1 saturated heterocycles. The van der Waals surface area contributed by atoms with Crippen LogP contribution in [0.5, 0.6) is 0 Å². The highest BCUT2D eigenvalue weighted by atomic mass is 16.5. The second-order valence-electron chi connectivity index (χ2n) is 7.52. The number of hydrogen-bond acceptors (Lipinski definition) is 4. The molecule has 2 aromatic carbocycles. The number of fused-ring (bicyclic) bond motifs is 1. The maximum atomic E-state index is 12.4. The molecule has 1 fully saturated rings. The Balaban J connectivity index is 1.72. The van der Waals surface area contributed by atoms with Crippen molar-refractivity contribution in [2.45, 2.75) is 19.8 Å². The van der Waals surface area contributed by atoms with Gasteiger partial charge in [-0.15, -0.1) is 0 Å². The summed E-state index contributed by atoms with van der Waals surface area (Å²) in [5.74, 6) is -0.148. The summed E-state index contributed by atoms with van der Waals surface area (Å²) in [6, 6.07) is 13.5. The zero-order chi connectivity index (χ0) is 19.9. The number of ether oxygens (including phenoxy) is 1. The second-order valence-corrected chi connectivity index (χ2v) is 7.52. The van der Waals surface area contributed by atoms with E-state index < -0.39 is 11.4 Å². The van der Waals surface area contributed by atoms with E-state index >= 15 is 0 Å². The fourth-order valence-electron chi connectivity index (χ4n) is 3.80. The molecule has 1 aromatic heterocycles. The average Bonchev–Trinajstić information content (AvgIpc) is 3.16. The van der Waals surface area contributed by atoms with E-state index in [4.69, 9.17) is 4.74 Å². The molecule has 0 saturated carbocycles. The highest BCUT2D eigenvalue weighted by Crippen LogP contribution is 2.34. The van der Waals surface area contributed by atoms with E-state index in [2.05, 4.69) is 4.98 Å². The first-order valence-corrected chi connectivity index (χ1v) is 9.27. The number of nitrogens with zero attached hydrogens (tertiary/aromatic N) is 2. The van der Waals surface area contributed by atoms with E-state index in [1.807, 2.05) is 43.3 Å². The standard InChI is InChI=1S/C22H22N2O4/c1-14-23-19-11-17(6-7-18(19)20(25)24(14)2)16-5-3-4-15(10-16)12-22(21(26)27)8-9-28-13-22/h3-7,10-11H,8-9,12-13H2,1-2H3,(H,26,27). The summed E-state index contributed by atoms with van der Waals surface area (Å²) in [5.41, 5.74) is 2.62. The van der Waals surface area contributed by atoms with Crippen molar-refractivity contribution >= 4 is 16.9 Å². The molecule has 1 atom stereocenters. The molecular formula is C22H22N2O4. The lowest BCUT2D eigenvalue weighted by Crippen LogP contribution is -2.33. The first-order chi connectivity index (χ1) is 13.4. The van der Waals surface area contributed by atoms with Crippen LogP contribution >= 0.6 is 0 Å². The number of aliphatic carboxylic acids is 1. The summed E-state index contributed by atoms with van der Waals surface area (Å²) >= 11 is 0. The van der Waals surface area contributed by atoms with Crippen LogP contribution in [0.3, 0.4) is 0 Å². The smallest absolute Gasteiger partial charge is 0.312 e. The van der Waals surface area contributed by atoms with Gasteiger partial charge in [0, 0.05) is 13.7 Å². The summed E-state index contributed by atoms with van der Waals surface area (Å²) in [5, 5.41) is 10.3. The van der Waals surface area contributed by atoms with E-state index in [0.717, 1.165) is 16.7 Å². The van der Waals surface area contributed by atoms with Crippen molar-refractivity contribution in [3.63, 3.8) is 0 Å². The zero-order valence-electron chi connectivity index (χ0n) is 15.9. The molecule has 0 aliphatic carbocycles. The van der Waals surface area contributed by atoms with Crippen molar-refractivity contribution in [3.8, 4) is 11.1 Å². The third-order valence-electron chi connectivity index (χ3n) is 5.66. The number of hydrogen-bond donors (Lipinski definition) is 1. The Morgan fingerprint density at radius 2 is 2.04 bits per heavy atom. The van der Waals surface area contributed by atoms with E-state index in [1.54, 1.807) is 13.1 Å². The van der Waals surface area contributed by atoms with Gasteiger partial charge >= 0.3 is 5.97 Å². The van der Waals surface area contributed by atoms with Crippen molar-refractivity contribution in [1.82, 2.24) is 9.55 Å². The van der Waals surface area contributed by atoms with Crippen LogP contribution in [0.4, 0.5) is 0 Å². The molecule has 6 nitrogen and oxygen atoms in total. The molecule has 6 heteroatoms. The fraction of sp³-hybridized carbons (Fsp3) is 0.318. The van der Waals surface area contributed by atoms with Gasteiger partial charge in [-0.3, -0.25) is 14.2 Å². The molecule has 4 rings (SSSR count). The molecule has 0 radical (unpaired) electrons. The van der Waals surface area contributed by atoms with Crippen molar-refractivity contribution in [1.29, 1.82) is 0 Å². The third kappa shape index (κ3) is 3.10. The molecule has 0 bridgehead atoms. The zero-order valence-corrected chi connectivity index (χ0v) is 15.9. The molecule has 1 unspecified atom stereocenters. The van der Waals surface area contributed by atoms with E-state index in [1.165, 1.54) is 4.57 Å². The highest BCUT2D eigenvalue weighted by Gasteiger charge is 2.42. The van der Waals surface area contributed by atoms with Gasteiger partial charge in [0.15, 0.2) is 0 Å². The summed E-state index contributed by atoms with van der Waals surface area (Å²) in [6.45, 7) is 2.54. The normalized spacial score (nSPS) is 19.2. The van der Waals surface area contributed by atoms with Gasteiger partial charge in [0.25, 0.3) is 5.56 Å². The molecule has 0 spiro atoms. The summed E-state index contributed by atoms with van der Waals surface area (Å²) in [6.07, 6.45) is 0.955. The maximum Gasteiger partial charge on any atom is 0.312 e. The quantitative estimate of drug-likeness (QED) is 0.755. The van der Waals surface area contributed by atoms with Crippen LogP contribution in [0.15, 0.2) is 47.3 Å².